The largest absolute Gasteiger partial charge is 0.389 e. The summed E-state index contributed by atoms with van der Waals surface area (Å²) in [6.45, 7) is 2.35. The van der Waals surface area contributed by atoms with Crippen molar-refractivity contribution in [2.24, 2.45) is 11.0 Å². The first-order valence-corrected chi connectivity index (χ1v) is 12.2. The van der Waals surface area contributed by atoms with E-state index in [9.17, 15) is 4.79 Å². The summed E-state index contributed by atoms with van der Waals surface area (Å²) in [5.41, 5.74) is 4.62. The minimum absolute atomic E-state index is 0.319. The predicted molar refractivity (Wildman–Crippen MR) is 129 cm³/mol. The van der Waals surface area contributed by atoms with E-state index in [0.717, 1.165) is 27.1 Å². The smallest absolute Gasteiger partial charge is 0.308 e. The maximum Gasteiger partial charge on any atom is 0.389 e. The molecule has 5 nitrogen and oxygen atoms in total. The van der Waals surface area contributed by atoms with Crippen molar-refractivity contribution in [2.45, 2.75) is 38.5 Å². The second-order valence-corrected chi connectivity index (χ2v) is 9.86. The Morgan fingerprint density at radius 3 is 2.56 bits per heavy atom. The molecule has 2 N–H and O–H groups in total. The van der Waals surface area contributed by atoms with Crippen molar-refractivity contribution >= 4 is 46.0 Å². The second kappa shape index (κ2) is 8.91. The molecule has 0 bridgehead atoms. The molecule has 162 valence electrons. The van der Waals surface area contributed by atoms with Crippen LogP contribution in [0.2, 0.25) is 5.02 Å². The predicted octanol–water partition coefficient (Wildman–Crippen LogP) is 5.79. The van der Waals surface area contributed by atoms with E-state index in [0.29, 0.717) is 22.3 Å². The second-order valence-electron chi connectivity index (χ2n) is 8.54. The molecule has 7 heteroatoms. The van der Waals surface area contributed by atoms with Gasteiger partial charge in [-0.25, -0.2) is 4.79 Å². The number of nitrogens with zero attached hydrogens (tertiary/aromatic N) is 2. The summed E-state index contributed by atoms with van der Waals surface area (Å²) in [5.74, 6) is 1.44. The fourth-order valence-electron chi connectivity index (χ4n) is 4.40. The Kier molecular flexibility index (Phi) is 5.83. The maximum absolute atomic E-state index is 12.3. The first kappa shape index (κ1) is 21.0. The van der Waals surface area contributed by atoms with Gasteiger partial charge in [-0.3, -0.25) is 0 Å². The Balaban J connectivity index is 1.31. The average molecular weight is 464 g/mol. The number of anilines is 2. The number of thiophene rings is 1. The minimum Gasteiger partial charge on any atom is -0.308 e. The molecule has 3 aromatic rings. The molecular weight excluding hydrogens is 440 g/mol. The summed E-state index contributed by atoms with van der Waals surface area (Å²) < 4.78 is 1.15. The van der Waals surface area contributed by atoms with Crippen LogP contribution in [0.3, 0.4) is 0 Å². The Bertz CT molecular complexity index is 1320. The van der Waals surface area contributed by atoms with Crippen LogP contribution in [-0.2, 0) is 0 Å². The fourth-order valence-corrected chi connectivity index (χ4v) is 5.68. The number of fused-ring (bicyclic) bond motifs is 1. The van der Waals surface area contributed by atoms with E-state index in [1.807, 2.05) is 24.3 Å². The highest BCUT2D eigenvalue weighted by molar-refractivity contribution is 7.08. The van der Waals surface area contributed by atoms with Crippen molar-refractivity contribution in [2.75, 3.05) is 10.6 Å². The summed E-state index contributed by atoms with van der Waals surface area (Å²) in [6.07, 6.45) is 5.07. The van der Waals surface area contributed by atoms with E-state index in [2.05, 4.69) is 32.8 Å². The number of halogens is 1. The highest BCUT2D eigenvalue weighted by Crippen LogP contribution is 2.34. The summed E-state index contributed by atoms with van der Waals surface area (Å²) >= 11 is 7.70. The molecule has 1 saturated carbocycles. The molecule has 1 fully saturated rings. The third kappa shape index (κ3) is 4.35. The molecule has 0 radical (unpaired) electrons. The van der Waals surface area contributed by atoms with Crippen LogP contribution >= 0.6 is 22.9 Å². The van der Waals surface area contributed by atoms with Gasteiger partial charge in [0.05, 0.1) is 10.4 Å². The molecule has 1 aliphatic heterocycles. The number of benzene rings is 2. The third-order valence-corrected chi connectivity index (χ3v) is 7.44. The fraction of sp³-hybridized carbons (Fsp3) is 0.280. The topological polar surface area (TPSA) is 67.6 Å². The molecule has 0 spiro atoms. The SMILES string of the molecule is CC1CCC(c2csc3c2=[N+]=NC=3c2ccc(NC(=O)Nc3cccc(Cl)c3)cc2)CC1. The van der Waals surface area contributed by atoms with Gasteiger partial charge in [0.2, 0.25) is 0 Å². The molecule has 0 unspecified atom stereocenters. The number of hydrogen-bond acceptors (Lipinski definition) is 3. The molecular formula is C25H24ClN4OS+. The van der Waals surface area contributed by atoms with E-state index < -0.39 is 0 Å². The zero-order chi connectivity index (χ0) is 22.1. The van der Waals surface area contributed by atoms with Gasteiger partial charge in [-0.2, -0.15) is 0 Å². The molecule has 1 aromatic heterocycles. The van der Waals surface area contributed by atoms with Crippen LogP contribution in [0.5, 0.6) is 0 Å². The van der Waals surface area contributed by atoms with Crippen molar-refractivity contribution in [1.29, 1.82) is 0 Å². The van der Waals surface area contributed by atoms with Crippen LogP contribution in [0.4, 0.5) is 16.2 Å². The van der Waals surface area contributed by atoms with Crippen LogP contribution in [0.15, 0.2) is 59.0 Å². The van der Waals surface area contributed by atoms with Gasteiger partial charge in [-0.05, 0) is 55.0 Å². The zero-order valence-electron chi connectivity index (χ0n) is 17.8. The van der Waals surface area contributed by atoms with Gasteiger partial charge >= 0.3 is 11.4 Å². The number of hydrogen-bond donors (Lipinski definition) is 2. The zero-order valence-corrected chi connectivity index (χ0v) is 19.3. The molecule has 5 rings (SSSR count). The van der Waals surface area contributed by atoms with E-state index >= 15 is 0 Å². The van der Waals surface area contributed by atoms with Gasteiger partial charge in [0, 0.05) is 27.3 Å². The first-order chi connectivity index (χ1) is 15.6. The molecule has 2 aliphatic rings. The number of carbonyl (C=O) groups excluding carboxylic acids is 1. The molecule has 32 heavy (non-hydrogen) atoms. The highest BCUT2D eigenvalue weighted by Gasteiger charge is 2.29. The summed E-state index contributed by atoms with van der Waals surface area (Å²) in [7, 11) is 0. The molecule has 1 aliphatic carbocycles. The van der Waals surface area contributed by atoms with Gasteiger partial charge in [0.25, 0.3) is 0 Å². The van der Waals surface area contributed by atoms with Gasteiger partial charge in [0.1, 0.15) is 5.11 Å². The quantitative estimate of drug-likeness (QED) is 0.472. The monoisotopic (exact) mass is 463 g/mol. The Morgan fingerprint density at radius 1 is 1.06 bits per heavy atom. The Morgan fingerprint density at radius 2 is 1.81 bits per heavy atom. The highest BCUT2D eigenvalue weighted by atomic mass is 35.5. The number of carbonyl (C=O) groups is 1. The number of urea groups is 1. The third-order valence-electron chi connectivity index (χ3n) is 6.21. The lowest BCUT2D eigenvalue weighted by Gasteiger charge is -2.24. The minimum atomic E-state index is -0.319. The van der Waals surface area contributed by atoms with Crippen molar-refractivity contribution in [3.8, 4) is 0 Å². The van der Waals surface area contributed by atoms with Crippen LogP contribution in [0.1, 0.15) is 49.7 Å². The van der Waals surface area contributed by atoms with Crippen molar-refractivity contribution in [3.05, 3.63) is 80.0 Å². The molecule has 2 amide bonds. The summed E-state index contributed by atoms with van der Waals surface area (Å²) in [4.78, 5) is 16.8. The van der Waals surface area contributed by atoms with Crippen LogP contribution in [-0.4, -0.2) is 10.8 Å². The number of rotatable bonds is 4. The normalized spacial score (nSPS) is 19.4. The molecule has 2 heterocycles. The van der Waals surface area contributed by atoms with E-state index in [-0.39, 0.29) is 6.03 Å². The maximum atomic E-state index is 12.3. The number of amides is 2. The number of nitrogens with one attached hydrogen (secondary N) is 2. The first-order valence-electron chi connectivity index (χ1n) is 10.9. The molecule has 2 aromatic carbocycles. The van der Waals surface area contributed by atoms with Crippen molar-refractivity contribution in [3.63, 3.8) is 0 Å². The lowest BCUT2D eigenvalue weighted by atomic mass is 9.80. The lowest BCUT2D eigenvalue weighted by molar-refractivity contribution is -0.127. The van der Waals surface area contributed by atoms with Gasteiger partial charge < -0.3 is 10.6 Å². The van der Waals surface area contributed by atoms with E-state index in [1.165, 1.54) is 31.2 Å². The summed E-state index contributed by atoms with van der Waals surface area (Å²) in [5, 5.41) is 14.0. The van der Waals surface area contributed by atoms with Gasteiger partial charge in [0.15, 0.2) is 10.2 Å². The van der Waals surface area contributed by atoms with E-state index in [4.69, 9.17) is 11.6 Å². The molecule has 0 saturated heterocycles. The van der Waals surface area contributed by atoms with Crippen LogP contribution in [0.25, 0.3) is 5.70 Å². The van der Waals surface area contributed by atoms with Gasteiger partial charge in [-0.1, -0.05) is 49.6 Å². The van der Waals surface area contributed by atoms with Crippen LogP contribution in [0, 0.1) is 5.92 Å². The lowest BCUT2D eigenvalue weighted by Crippen LogP contribution is -2.25. The summed E-state index contributed by atoms with van der Waals surface area (Å²) in [6, 6.07) is 14.4. The Hall–Kier alpha value is -2.92. The average Bonchev–Trinajstić information content (AvgIpc) is 3.37. The van der Waals surface area contributed by atoms with Crippen LogP contribution < -0.4 is 20.5 Å². The van der Waals surface area contributed by atoms with Crippen molar-refractivity contribution in [1.82, 2.24) is 0 Å². The van der Waals surface area contributed by atoms with E-state index in [1.54, 1.807) is 35.6 Å². The van der Waals surface area contributed by atoms with Gasteiger partial charge in [-0.15, -0.1) is 11.3 Å². The molecule has 0 atom stereocenters. The standard InChI is InChI=1S/C25H23ClN4OS/c1-15-5-7-16(8-6-15)21-14-32-24-22(29-30-23(21)24)17-9-11-19(12-10-17)27-25(31)28-20-4-2-3-18(26)13-20/h2-4,9-16H,5-8H2,1H3,(H,28,31)/p+1. The Labute approximate surface area is 195 Å². The van der Waals surface area contributed by atoms with Crippen molar-refractivity contribution < 1.29 is 9.58 Å².